The van der Waals surface area contributed by atoms with Gasteiger partial charge < -0.3 is 10.4 Å². The van der Waals surface area contributed by atoms with Crippen LogP contribution in [0.25, 0.3) is 0 Å². The van der Waals surface area contributed by atoms with Gasteiger partial charge in [0, 0.05) is 12.2 Å². The SMILES string of the molecule is Cc1cc(O)ccc1NCCC(C)(C)C. The van der Waals surface area contributed by atoms with Crippen molar-refractivity contribution in [2.45, 2.75) is 34.1 Å². The topological polar surface area (TPSA) is 32.3 Å². The van der Waals surface area contributed by atoms with Crippen molar-refractivity contribution in [3.05, 3.63) is 23.8 Å². The number of rotatable bonds is 3. The van der Waals surface area contributed by atoms with Crippen LogP contribution in [0.15, 0.2) is 18.2 Å². The first-order chi connectivity index (χ1) is 6.88. The van der Waals surface area contributed by atoms with Crippen LogP contribution in [0.3, 0.4) is 0 Å². The van der Waals surface area contributed by atoms with E-state index in [1.54, 1.807) is 12.1 Å². The lowest BCUT2D eigenvalue weighted by molar-refractivity contribution is 0.389. The average Bonchev–Trinajstić information content (AvgIpc) is 2.07. The highest BCUT2D eigenvalue weighted by Gasteiger charge is 2.09. The maximum absolute atomic E-state index is 9.26. The minimum Gasteiger partial charge on any atom is -0.508 e. The predicted molar refractivity (Wildman–Crippen MR) is 65.4 cm³/mol. The van der Waals surface area contributed by atoms with Gasteiger partial charge in [-0.3, -0.25) is 0 Å². The van der Waals surface area contributed by atoms with Crippen molar-refractivity contribution in [3.63, 3.8) is 0 Å². The molecule has 0 aliphatic rings. The van der Waals surface area contributed by atoms with E-state index in [2.05, 4.69) is 26.1 Å². The third-order valence-corrected chi connectivity index (χ3v) is 2.40. The number of aromatic hydroxyl groups is 1. The number of hydrogen-bond acceptors (Lipinski definition) is 2. The quantitative estimate of drug-likeness (QED) is 0.743. The average molecular weight is 207 g/mol. The number of anilines is 1. The molecule has 0 saturated heterocycles. The minimum absolute atomic E-state index is 0.328. The first-order valence-electron chi connectivity index (χ1n) is 5.42. The second-order valence-corrected chi connectivity index (χ2v) is 5.24. The summed E-state index contributed by atoms with van der Waals surface area (Å²) in [5.41, 5.74) is 2.55. The number of phenols is 1. The second kappa shape index (κ2) is 4.56. The Morgan fingerprint density at radius 3 is 2.47 bits per heavy atom. The third kappa shape index (κ3) is 4.24. The molecule has 0 aromatic heterocycles. The van der Waals surface area contributed by atoms with Gasteiger partial charge in [-0.25, -0.2) is 0 Å². The Balaban J connectivity index is 2.51. The molecule has 0 saturated carbocycles. The van der Waals surface area contributed by atoms with Crippen molar-refractivity contribution in [3.8, 4) is 5.75 Å². The van der Waals surface area contributed by atoms with Gasteiger partial charge in [-0.05, 0) is 42.5 Å². The fraction of sp³-hybridized carbons (Fsp3) is 0.538. The van der Waals surface area contributed by atoms with Crippen molar-refractivity contribution < 1.29 is 5.11 Å². The number of phenolic OH excluding ortho intramolecular Hbond substituents is 1. The second-order valence-electron chi connectivity index (χ2n) is 5.24. The molecule has 0 atom stereocenters. The monoisotopic (exact) mass is 207 g/mol. The molecule has 0 amide bonds. The molecule has 2 nitrogen and oxygen atoms in total. The smallest absolute Gasteiger partial charge is 0.115 e. The van der Waals surface area contributed by atoms with Crippen LogP contribution in [-0.2, 0) is 0 Å². The lowest BCUT2D eigenvalue weighted by atomic mass is 9.92. The zero-order chi connectivity index (χ0) is 11.5. The van der Waals surface area contributed by atoms with Crippen LogP contribution in [0.5, 0.6) is 5.75 Å². The Kier molecular flexibility index (Phi) is 3.61. The molecule has 0 unspecified atom stereocenters. The molecule has 0 heterocycles. The molecule has 1 aromatic rings. The Morgan fingerprint density at radius 1 is 1.27 bits per heavy atom. The molecule has 0 fully saturated rings. The maximum Gasteiger partial charge on any atom is 0.115 e. The molecule has 84 valence electrons. The van der Waals surface area contributed by atoms with Crippen LogP contribution in [0.1, 0.15) is 32.8 Å². The molecule has 0 bridgehead atoms. The Bertz CT molecular complexity index is 326. The van der Waals surface area contributed by atoms with Crippen LogP contribution in [-0.4, -0.2) is 11.7 Å². The van der Waals surface area contributed by atoms with Crippen LogP contribution < -0.4 is 5.32 Å². The number of hydrogen-bond donors (Lipinski definition) is 2. The van der Waals surface area contributed by atoms with Crippen LogP contribution >= 0.6 is 0 Å². The lowest BCUT2D eigenvalue weighted by Gasteiger charge is -2.19. The van der Waals surface area contributed by atoms with Crippen LogP contribution in [0.2, 0.25) is 0 Å². The van der Waals surface area contributed by atoms with Gasteiger partial charge in [-0.1, -0.05) is 20.8 Å². The summed E-state index contributed by atoms with van der Waals surface area (Å²) in [6, 6.07) is 5.42. The molecular formula is C13H21NO. The van der Waals surface area contributed by atoms with Gasteiger partial charge in [0.15, 0.2) is 0 Å². The molecular weight excluding hydrogens is 186 g/mol. The normalized spacial score (nSPS) is 11.5. The van der Waals surface area contributed by atoms with Gasteiger partial charge in [-0.15, -0.1) is 0 Å². The van der Waals surface area contributed by atoms with E-state index in [1.807, 2.05) is 13.0 Å². The molecule has 0 radical (unpaired) electrons. The molecule has 0 aliphatic carbocycles. The van der Waals surface area contributed by atoms with E-state index in [0.29, 0.717) is 11.2 Å². The molecule has 15 heavy (non-hydrogen) atoms. The molecule has 1 rings (SSSR count). The highest BCUT2D eigenvalue weighted by atomic mass is 16.3. The van der Waals surface area contributed by atoms with E-state index in [9.17, 15) is 5.11 Å². The number of aryl methyl sites for hydroxylation is 1. The largest absolute Gasteiger partial charge is 0.508 e. The molecule has 1 aromatic carbocycles. The third-order valence-electron chi connectivity index (χ3n) is 2.40. The van der Waals surface area contributed by atoms with Gasteiger partial charge in [-0.2, -0.15) is 0 Å². The van der Waals surface area contributed by atoms with E-state index in [-0.39, 0.29) is 0 Å². The first kappa shape index (κ1) is 11.9. The summed E-state index contributed by atoms with van der Waals surface area (Å²) in [6.07, 6.45) is 1.13. The van der Waals surface area contributed by atoms with E-state index in [0.717, 1.165) is 24.2 Å². The molecule has 2 heteroatoms. The van der Waals surface area contributed by atoms with Gasteiger partial charge in [0.1, 0.15) is 5.75 Å². The van der Waals surface area contributed by atoms with Crippen LogP contribution in [0.4, 0.5) is 5.69 Å². The Hall–Kier alpha value is -1.18. The maximum atomic E-state index is 9.26. The predicted octanol–water partition coefficient (Wildman–Crippen LogP) is 3.55. The van der Waals surface area contributed by atoms with Crippen molar-refractivity contribution in [2.24, 2.45) is 5.41 Å². The summed E-state index contributed by atoms with van der Waals surface area (Å²) in [7, 11) is 0. The van der Waals surface area contributed by atoms with Crippen LogP contribution in [0, 0.1) is 12.3 Å². The van der Waals surface area contributed by atoms with E-state index < -0.39 is 0 Å². The lowest BCUT2D eigenvalue weighted by Crippen LogP contribution is -2.13. The highest BCUT2D eigenvalue weighted by Crippen LogP contribution is 2.22. The number of nitrogens with one attached hydrogen (secondary N) is 1. The molecule has 0 aliphatic heterocycles. The zero-order valence-electron chi connectivity index (χ0n) is 10.1. The highest BCUT2D eigenvalue weighted by molar-refractivity contribution is 5.53. The van der Waals surface area contributed by atoms with Gasteiger partial charge >= 0.3 is 0 Å². The Labute approximate surface area is 92.3 Å². The van der Waals surface area contributed by atoms with Crippen molar-refractivity contribution >= 4 is 5.69 Å². The fourth-order valence-electron chi connectivity index (χ4n) is 1.42. The van der Waals surface area contributed by atoms with Gasteiger partial charge in [0.2, 0.25) is 0 Å². The zero-order valence-corrected chi connectivity index (χ0v) is 10.1. The fourth-order valence-corrected chi connectivity index (χ4v) is 1.42. The van der Waals surface area contributed by atoms with Crippen molar-refractivity contribution in [1.82, 2.24) is 0 Å². The summed E-state index contributed by atoms with van der Waals surface area (Å²) in [5, 5.41) is 12.6. The Morgan fingerprint density at radius 2 is 1.93 bits per heavy atom. The summed E-state index contributed by atoms with van der Waals surface area (Å²) in [5.74, 6) is 0.328. The molecule has 2 N–H and O–H groups in total. The van der Waals surface area contributed by atoms with E-state index in [1.165, 1.54) is 0 Å². The summed E-state index contributed by atoms with van der Waals surface area (Å²) in [4.78, 5) is 0. The first-order valence-corrected chi connectivity index (χ1v) is 5.42. The number of benzene rings is 1. The van der Waals surface area contributed by atoms with E-state index in [4.69, 9.17) is 0 Å². The summed E-state index contributed by atoms with van der Waals surface area (Å²) in [6.45, 7) is 9.67. The standard InChI is InChI=1S/C13H21NO/c1-10-9-11(15)5-6-12(10)14-8-7-13(2,3)4/h5-6,9,14-15H,7-8H2,1-4H3. The van der Waals surface area contributed by atoms with Gasteiger partial charge in [0.05, 0.1) is 0 Å². The summed E-state index contributed by atoms with van der Waals surface area (Å²) < 4.78 is 0. The van der Waals surface area contributed by atoms with Gasteiger partial charge in [0.25, 0.3) is 0 Å². The molecule has 0 spiro atoms. The van der Waals surface area contributed by atoms with E-state index >= 15 is 0 Å². The summed E-state index contributed by atoms with van der Waals surface area (Å²) >= 11 is 0. The van der Waals surface area contributed by atoms with Crippen molar-refractivity contribution in [1.29, 1.82) is 0 Å². The van der Waals surface area contributed by atoms with Crippen molar-refractivity contribution in [2.75, 3.05) is 11.9 Å². The minimum atomic E-state index is 0.328.